The van der Waals surface area contributed by atoms with Crippen LogP contribution in [0.2, 0.25) is 0 Å². The number of imidazole rings is 1. The highest BCUT2D eigenvalue weighted by Crippen LogP contribution is 2.43. The number of hydrogen-bond acceptors (Lipinski definition) is 7. The Labute approximate surface area is 192 Å². The lowest BCUT2D eigenvalue weighted by molar-refractivity contribution is 0.0581. The number of imide groups is 1. The number of anilines is 2. The summed E-state index contributed by atoms with van der Waals surface area (Å²) in [4.78, 5) is 37.9. The van der Waals surface area contributed by atoms with Crippen LogP contribution in [0.5, 0.6) is 0 Å². The van der Waals surface area contributed by atoms with Crippen molar-refractivity contribution in [1.82, 2.24) is 23.9 Å². The quantitative estimate of drug-likeness (QED) is 0.456. The summed E-state index contributed by atoms with van der Waals surface area (Å²) < 4.78 is 22.8. The number of nitrogen functional groups attached to an aromatic ring is 1. The Hall–Kier alpha value is -4.22. The molecule has 0 saturated heterocycles. The molecule has 1 fully saturated rings. The van der Waals surface area contributed by atoms with Gasteiger partial charge < -0.3 is 20.1 Å². The van der Waals surface area contributed by atoms with Gasteiger partial charge in [-0.15, -0.1) is 0 Å². The zero-order chi connectivity index (χ0) is 24.4. The number of aromatic nitrogens is 5. The van der Waals surface area contributed by atoms with Gasteiger partial charge >= 0.3 is 12.2 Å². The Bertz CT molecular complexity index is 1470. The van der Waals surface area contributed by atoms with Gasteiger partial charge in [-0.2, -0.15) is 14.3 Å². The second-order valence-corrected chi connectivity index (χ2v) is 9.11. The minimum atomic E-state index is -1.56. The Kier molecular flexibility index (Phi) is 4.71. The van der Waals surface area contributed by atoms with E-state index in [1.165, 1.54) is 16.9 Å². The molecule has 4 aromatic rings. The summed E-state index contributed by atoms with van der Waals surface area (Å²) in [5.41, 5.74) is 6.96. The maximum atomic E-state index is 14.1. The number of carbonyl (C=O) groups excluding carboxylic acids is 1. The van der Waals surface area contributed by atoms with Crippen molar-refractivity contribution in [2.45, 2.75) is 45.3 Å². The number of ether oxygens (including phenoxy) is 1. The van der Waals surface area contributed by atoms with Crippen molar-refractivity contribution in [3.05, 3.63) is 36.8 Å². The van der Waals surface area contributed by atoms with Gasteiger partial charge in [0.15, 0.2) is 11.5 Å². The van der Waals surface area contributed by atoms with E-state index in [1.807, 2.05) is 4.57 Å². The second-order valence-electron chi connectivity index (χ2n) is 9.11. The maximum Gasteiger partial charge on any atom is 0.425 e. The molecule has 12 heteroatoms. The number of nitrogens with two attached hydrogens (primary N) is 1. The van der Waals surface area contributed by atoms with Gasteiger partial charge in [0.1, 0.15) is 17.6 Å². The van der Waals surface area contributed by atoms with Crippen LogP contribution in [0, 0.1) is 5.95 Å². The molecule has 2 amide bonds. The molecule has 11 nitrogen and oxygen atoms in total. The SMILES string of the molecule is CC(C)(C)OC(=O)N(C(=O)O)c1ncnc2c1c(-c1ccc(N)c3nc(F)cn13)cn2C1CC1. The smallest absolute Gasteiger partial charge is 0.425 e. The second kappa shape index (κ2) is 7.40. The number of carboxylic acid groups (broad SMARTS) is 1. The number of halogens is 1. The molecule has 0 unspecified atom stereocenters. The van der Waals surface area contributed by atoms with E-state index in [2.05, 4.69) is 15.0 Å². The molecule has 0 bridgehead atoms. The fraction of sp³-hybridized carbons (Fsp3) is 0.318. The summed E-state index contributed by atoms with van der Waals surface area (Å²) in [5, 5.41) is 10.2. The minimum Gasteiger partial charge on any atom is -0.464 e. The van der Waals surface area contributed by atoms with Crippen LogP contribution in [0.4, 0.5) is 25.5 Å². The first-order valence-electron chi connectivity index (χ1n) is 10.6. The van der Waals surface area contributed by atoms with E-state index in [0.29, 0.717) is 27.2 Å². The first-order chi connectivity index (χ1) is 16.0. The highest BCUT2D eigenvalue weighted by molar-refractivity contribution is 6.15. The van der Waals surface area contributed by atoms with Crippen LogP contribution < -0.4 is 10.6 Å². The molecule has 1 saturated carbocycles. The molecule has 0 radical (unpaired) electrons. The summed E-state index contributed by atoms with van der Waals surface area (Å²) in [7, 11) is 0. The third-order valence-corrected chi connectivity index (χ3v) is 5.40. The Balaban J connectivity index is 1.80. The fourth-order valence-corrected chi connectivity index (χ4v) is 3.91. The van der Waals surface area contributed by atoms with Crippen LogP contribution >= 0.6 is 0 Å². The van der Waals surface area contributed by atoms with Gasteiger partial charge in [0.2, 0.25) is 5.95 Å². The Morgan fingerprint density at radius 2 is 1.94 bits per heavy atom. The van der Waals surface area contributed by atoms with Crippen LogP contribution in [0.15, 0.2) is 30.9 Å². The Morgan fingerprint density at radius 1 is 1.21 bits per heavy atom. The topological polar surface area (TPSA) is 141 Å². The molecule has 4 aromatic heterocycles. The van der Waals surface area contributed by atoms with E-state index in [4.69, 9.17) is 10.5 Å². The first-order valence-corrected chi connectivity index (χ1v) is 10.6. The molecule has 5 rings (SSSR count). The number of rotatable bonds is 3. The monoisotopic (exact) mass is 467 g/mol. The van der Waals surface area contributed by atoms with Crippen LogP contribution in [0.1, 0.15) is 39.7 Å². The average molecular weight is 467 g/mol. The van der Waals surface area contributed by atoms with E-state index in [1.54, 1.807) is 39.1 Å². The fourth-order valence-electron chi connectivity index (χ4n) is 3.91. The van der Waals surface area contributed by atoms with E-state index in [0.717, 1.165) is 12.8 Å². The lowest BCUT2D eigenvalue weighted by atomic mass is 10.1. The number of carbonyl (C=O) groups is 2. The first kappa shape index (κ1) is 21.6. The molecule has 0 atom stereocenters. The van der Waals surface area contributed by atoms with Crippen molar-refractivity contribution in [2.24, 2.45) is 0 Å². The largest absolute Gasteiger partial charge is 0.464 e. The number of nitrogens with zero attached hydrogens (tertiary/aromatic N) is 6. The van der Waals surface area contributed by atoms with Crippen LogP contribution in [-0.2, 0) is 4.74 Å². The molecule has 0 spiro atoms. The molecule has 4 heterocycles. The van der Waals surface area contributed by atoms with Crippen LogP contribution in [0.3, 0.4) is 0 Å². The predicted octanol–water partition coefficient (Wildman–Crippen LogP) is 4.22. The molecule has 1 aliphatic carbocycles. The van der Waals surface area contributed by atoms with Crippen molar-refractivity contribution < 1.29 is 23.8 Å². The summed E-state index contributed by atoms with van der Waals surface area (Å²) in [6.45, 7) is 4.90. The van der Waals surface area contributed by atoms with E-state index < -0.39 is 23.7 Å². The van der Waals surface area contributed by atoms with E-state index >= 15 is 0 Å². The summed E-state index contributed by atoms with van der Waals surface area (Å²) >= 11 is 0. The molecular weight excluding hydrogens is 445 g/mol. The van der Waals surface area contributed by atoms with Crippen LogP contribution in [-0.4, -0.2) is 46.8 Å². The van der Waals surface area contributed by atoms with Gasteiger partial charge in [-0.1, -0.05) is 0 Å². The molecule has 3 N–H and O–H groups in total. The lowest BCUT2D eigenvalue weighted by Crippen LogP contribution is -2.40. The number of amides is 2. The van der Waals surface area contributed by atoms with Crippen LogP contribution in [0.25, 0.3) is 27.9 Å². The predicted molar refractivity (Wildman–Crippen MR) is 121 cm³/mol. The maximum absolute atomic E-state index is 14.1. The number of fused-ring (bicyclic) bond motifs is 2. The summed E-state index contributed by atoms with van der Waals surface area (Å²) in [6, 6.07) is 3.43. The van der Waals surface area contributed by atoms with E-state index in [-0.39, 0.29) is 23.2 Å². The third kappa shape index (κ3) is 3.56. The zero-order valence-corrected chi connectivity index (χ0v) is 18.7. The lowest BCUT2D eigenvalue weighted by Gasteiger charge is -2.24. The van der Waals surface area contributed by atoms with Gasteiger partial charge in [0.25, 0.3) is 0 Å². The van der Waals surface area contributed by atoms with Gasteiger partial charge in [-0.25, -0.2) is 19.6 Å². The Morgan fingerprint density at radius 3 is 2.59 bits per heavy atom. The van der Waals surface area contributed by atoms with Crippen molar-refractivity contribution in [2.75, 3.05) is 10.6 Å². The van der Waals surface area contributed by atoms with Crippen molar-refractivity contribution in [1.29, 1.82) is 0 Å². The molecule has 34 heavy (non-hydrogen) atoms. The molecule has 0 aromatic carbocycles. The average Bonchev–Trinajstić information content (AvgIpc) is 3.38. The summed E-state index contributed by atoms with van der Waals surface area (Å²) in [6.07, 6.45) is 3.39. The van der Waals surface area contributed by atoms with Crippen molar-refractivity contribution >= 4 is 40.4 Å². The molecular formula is C22H22FN7O4. The minimum absolute atomic E-state index is 0.160. The number of pyridine rings is 1. The third-order valence-electron chi connectivity index (χ3n) is 5.40. The van der Waals surface area contributed by atoms with Gasteiger partial charge in [0.05, 0.1) is 23.0 Å². The zero-order valence-electron chi connectivity index (χ0n) is 18.7. The standard InChI is InChI=1S/C22H22FN7O4/c1-22(2,3)34-21(33)30(20(31)32)19-16-12(8-28(11-4-5-11)18(16)25-10-26-19)14-7-6-13(24)17-27-15(23)9-29(14)17/h6-11H,4-5,24H2,1-3H3,(H,31,32). The van der Waals surface area contributed by atoms with Gasteiger partial charge in [0, 0.05) is 17.8 Å². The van der Waals surface area contributed by atoms with Gasteiger partial charge in [-0.05, 0) is 45.7 Å². The normalized spacial score (nSPS) is 14.0. The van der Waals surface area contributed by atoms with E-state index in [9.17, 15) is 19.1 Å². The van der Waals surface area contributed by atoms with Crippen molar-refractivity contribution in [3.63, 3.8) is 0 Å². The number of hydrogen-bond donors (Lipinski definition) is 2. The highest BCUT2D eigenvalue weighted by Gasteiger charge is 2.35. The van der Waals surface area contributed by atoms with Gasteiger partial charge in [-0.3, -0.25) is 4.40 Å². The molecule has 1 aliphatic rings. The molecule has 176 valence electrons. The highest BCUT2D eigenvalue weighted by atomic mass is 19.1. The van der Waals surface area contributed by atoms with Crippen molar-refractivity contribution in [3.8, 4) is 11.3 Å². The molecule has 0 aliphatic heterocycles. The summed E-state index contributed by atoms with van der Waals surface area (Å²) in [5.74, 6) is -0.880.